The molecule has 0 aliphatic carbocycles. The van der Waals surface area contributed by atoms with Gasteiger partial charge in [-0.25, -0.2) is 0 Å². The maximum absolute atomic E-state index is 10.6. The maximum Gasteiger partial charge on any atom is 0.189 e. The fraction of sp³-hybridized carbons (Fsp3) is 0.667. The van der Waals surface area contributed by atoms with Crippen LogP contribution in [-0.2, 0) is 4.79 Å². The molecule has 0 N–H and O–H groups in total. The van der Waals surface area contributed by atoms with Crippen LogP contribution in [0.5, 0.6) is 0 Å². The first-order valence-electron chi connectivity index (χ1n) is 2.83. The van der Waals surface area contributed by atoms with Gasteiger partial charge in [-0.2, -0.15) is 5.26 Å². The Morgan fingerprint density at radius 3 is 2.89 bits per heavy atom. The highest BCUT2D eigenvalue weighted by molar-refractivity contribution is 8.13. The largest absolute Gasteiger partial charge is 0.287 e. The van der Waals surface area contributed by atoms with E-state index in [0.29, 0.717) is 12.8 Å². The Hall–Kier alpha value is -0.490. The van der Waals surface area contributed by atoms with Crippen LogP contribution in [0.3, 0.4) is 0 Å². The molecule has 0 spiro atoms. The highest BCUT2D eigenvalue weighted by atomic mass is 32.2. The SMILES string of the molecule is CCSC(=O)CCC#N. The Kier molecular flexibility index (Phi) is 5.34. The van der Waals surface area contributed by atoms with Crippen molar-refractivity contribution in [3.05, 3.63) is 0 Å². The minimum atomic E-state index is 0.124. The second kappa shape index (κ2) is 5.64. The molecule has 0 saturated heterocycles. The van der Waals surface area contributed by atoms with E-state index in [1.807, 2.05) is 13.0 Å². The number of nitriles is 1. The number of hydrogen-bond acceptors (Lipinski definition) is 3. The molecule has 3 heteroatoms. The normalized spacial score (nSPS) is 8.44. The monoisotopic (exact) mass is 143 g/mol. The quantitative estimate of drug-likeness (QED) is 0.602. The average molecular weight is 143 g/mol. The molecule has 2 nitrogen and oxygen atoms in total. The van der Waals surface area contributed by atoms with Crippen molar-refractivity contribution >= 4 is 16.9 Å². The number of rotatable bonds is 3. The van der Waals surface area contributed by atoms with Crippen LogP contribution in [0.15, 0.2) is 0 Å². The van der Waals surface area contributed by atoms with Crippen LogP contribution in [0.2, 0.25) is 0 Å². The van der Waals surface area contributed by atoms with Gasteiger partial charge in [0, 0.05) is 12.8 Å². The highest BCUT2D eigenvalue weighted by Gasteiger charge is 1.97. The van der Waals surface area contributed by atoms with Crippen LogP contribution in [0.25, 0.3) is 0 Å². The van der Waals surface area contributed by atoms with Crippen molar-refractivity contribution in [2.45, 2.75) is 19.8 Å². The molecule has 0 rings (SSSR count). The first kappa shape index (κ1) is 8.51. The van der Waals surface area contributed by atoms with Crippen LogP contribution in [0.4, 0.5) is 0 Å². The molecule has 9 heavy (non-hydrogen) atoms. The lowest BCUT2D eigenvalue weighted by Crippen LogP contribution is -1.89. The predicted molar refractivity (Wildman–Crippen MR) is 38.0 cm³/mol. The third kappa shape index (κ3) is 5.38. The third-order valence-corrected chi connectivity index (χ3v) is 1.56. The molecule has 0 aliphatic rings. The van der Waals surface area contributed by atoms with E-state index in [9.17, 15) is 4.79 Å². The van der Waals surface area contributed by atoms with Gasteiger partial charge in [-0.05, 0) is 5.75 Å². The summed E-state index contributed by atoms with van der Waals surface area (Å²) in [5.74, 6) is 0.810. The van der Waals surface area contributed by atoms with Gasteiger partial charge in [-0.3, -0.25) is 4.79 Å². The van der Waals surface area contributed by atoms with Gasteiger partial charge < -0.3 is 0 Å². The molecule has 0 aliphatic heterocycles. The van der Waals surface area contributed by atoms with Gasteiger partial charge in [0.15, 0.2) is 5.12 Å². The van der Waals surface area contributed by atoms with E-state index in [-0.39, 0.29) is 5.12 Å². The van der Waals surface area contributed by atoms with Crippen molar-refractivity contribution < 1.29 is 4.79 Å². The molecule has 0 unspecified atom stereocenters. The smallest absolute Gasteiger partial charge is 0.189 e. The molecule has 0 amide bonds. The van der Waals surface area contributed by atoms with Crippen molar-refractivity contribution in [3.8, 4) is 6.07 Å². The fourth-order valence-corrected chi connectivity index (χ4v) is 0.959. The lowest BCUT2D eigenvalue weighted by atomic mass is 10.4. The van der Waals surface area contributed by atoms with Crippen LogP contribution in [0, 0.1) is 11.3 Å². The molecular weight excluding hydrogens is 134 g/mol. The number of hydrogen-bond donors (Lipinski definition) is 0. The van der Waals surface area contributed by atoms with E-state index in [1.165, 1.54) is 11.8 Å². The van der Waals surface area contributed by atoms with Crippen LogP contribution in [-0.4, -0.2) is 10.9 Å². The van der Waals surface area contributed by atoms with Gasteiger partial charge >= 0.3 is 0 Å². The van der Waals surface area contributed by atoms with Gasteiger partial charge in [0.2, 0.25) is 0 Å². The topological polar surface area (TPSA) is 40.9 Å². The predicted octanol–water partition coefficient (Wildman–Crippen LogP) is 1.57. The van der Waals surface area contributed by atoms with Gasteiger partial charge in [0.1, 0.15) is 0 Å². The summed E-state index contributed by atoms with van der Waals surface area (Å²) in [7, 11) is 0. The molecule has 0 aromatic heterocycles. The zero-order chi connectivity index (χ0) is 7.11. The minimum Gasteiger partial charge on any atom is -0.287 e. The van der Waals surface area contributed by atoms with Gasteiger partial charge in [-0.15, -0.1) is 0 Å². The van der Waals surface area contributed by atoms with Gasteiger partial charge in [-0.1, -0.05) is 18.7 Å². The molecular formula is C6H9NOS. The lowest BCUT2D eigenvalue weighted by molar-refractivity contribution is -0.110. The van der Waals surface area contributed by atoms with Crippen LogP contribution >= 0.6 is 11.8 Å². The van der Waals surface area contributed by atoms with E-state index in [1.54, 1.807) is 0 Å². The zero-order valence-corrected chi connectivity index (χ0v) is 6.20. The Bertz CT molecular complexity index is 128. The van der Waals surface area contributed by atoms with E-state index in [4.69, 9.17) is 5.26 Å². The van der Waals surface area contributed by atoms with Crippen LogP contribution < -0.4 is 0 Å². The molecule has 0 heterocycles. The summed E-state index contributed by atoms with van der Waals surface area (Å²) in [5, 5.41) is 8.20. The molecule has 0 bridgehead atoms. The second-order valence-corrected chi connectivity index (χ2v) is 2.78. The molecule has 0 radical (unpaired) electrons. The number of carbonyl (C=O) groups is 1. The summed E-state index contributed by atoms with van der Waals surface area (Å²) in [6.07, 6.45) is 0.751. The second-order valence-electron chi connectivity index (χ2n) is 1.46. The fourth-order valence-electron chi connectivity index (χ4n) is 0.391. The summed E-state index contributed by atoms with van der Waals surface area (Å²) in [6.45, 7) is 1.93. The first-order chi connectivity index (χ1) is 4.31. The Morgan fingerprint density at radius 1 is 1.78 bits per heavy atom. The summed E-state index contributed by atoms with van der Waals surface area (Å²) in [5.41, 5.74) is 0. The Labute approximate surface area is 59.2 Å². The Morgan fingerprint density at radius 2 is 2.44 bits per heavy atom. The minimum absolute atomic E-state index is 0.124. The van der Waals surface area contributed by atoms with Crippen molar-refractivity contribution in [2.24, 2.45) is 0 Å². The summed E-state index contributed by atoms with van der Waals surface area (Å²) >= 11 is 1.28. The molecule has 0 atom stereocenters. The molecule has 0 saturated carbocycles. The maximum atomic E-state index is 10.6. The standard InChI is InChI=1S/C6H9NOS/c1-2-9-6(8)4-3-5-7/h2-4H2,1H3. The van der Waals surface area contributed by atoms with Crippen molar-refractivity contribution in [3.63, 3.8) is 0 Å². The molecule has 50 valence electrons. The van der Waals surface area contributed by atoms with Gasteiger partial charge in [0.25, 0.3) is 0 Å². The van der Waals surface area contributed by atoms with E-state index in [0.717, 1.165) is 5.75 Å². The lowest BCUT2D eigenvalue weighted by Gasteiger charge is -1.89. The van der Waals surface area contributed by atoms with Gasteiger partial charge in [0.05, 0.1) is 6.07 Å². The van der Waals surface area contributed by atoms with Crippen LogP contribution in [0.1, 0.15) is 19.8 Å². The molecule has 0 fully saturated rings. The first-order valence-corrected chi connectivity index (χ1v) is 3.82. The zero-order valence-electron chi connectivity index (χ0n) is 5.39. The highest BCUT2D eigenvalue weighted by Crippen LogP contribution is 2.05. The molecule has 0 aromatic rings. The van der Waals surface area contributed by atoms with E-state index < -0.39 is 0 Å². The number of thioether (sulfide) groups is 1. The Balaban J connectivity index is 3.19. The summed E-state index contributed by atoms with van der Waals surface area (Å²) in [4.78, 5) is 10.6. The van der Waals surface area contributed by atoms with Crippen molar-refractivity contribution in [1.29, 1.82) is 5.26 Å². The van der Waals surface area contributed by atoms with Crippen molar-refractivity contribution in [1.82, 2.24) is 0 Å². The van der Waals surface area contributed by atoms with E-state index in [2.05, 4.69) is 0 Å². The third-order valence-electron chi connectivity index (χ3n) is 0.746. The molecule has 0 aromatic carbocycles. The summed E-state index contributed by atoms with van der Waals surface area (Å²) in [6, 6.07) is 1.92. The van der Waals surface area contributed by atoms with Crippen molar-refractivity contribution in [2.75, 3.05) is 5.75 Å². The average Bonchev–Trinajstić information content (AvgIpc) is 1.85. The number of nitrogens with zero attached hydrogens (tertiary/aromatic N) is 1. The summed E-state index contributed by atoms with van der Waals surface area (Å²) < 4.78 is 0. The number of carbonyl (C=O) groups excluding carboxylic acids is 1. The van der Waals surface area contributed by atoms with E-state index >= 15 is 0 Å².